The third-order valence-corrected chi connectivity index (χ3v) is 3.97. The molecule has 1 aromatic carbocycles. The van der Waals surface area contributed by atoms with E-state index in [0.29, 0.717) is 18.0 Å². The van der Waals surface area contributed by atoms with Crippen molar-refractivity contribution in [2.45, 2.75) is 6.42 Å². The van der Waals surface area contributed by atoms with Gasteiger partial charge in [-0.2, -0.15) is 0 Å². The van der Waals surface area contributed by atoms with Crippen LogP contribution in [0.25, 0.3) is 0 Å². The molecule has 6 heteroatoms. The largest absolute Gasteiger partial charge is 0.395 e. The quantitative estimate of drug-likeness (QED) is 0.750. The van der Waals surface area contributed by atoms with E-state index in [-0.39, 0.29) is 12.5 Å². The molecule has 0 unspecified atom stereocenters. The van der Waals surface area contributed by atoms with Gasteiger partial charge in [-0.3, -0.25) is 9.69 Å². The molecule has 1 aliphatic heterocycles. The molecule has 114 valence electrons. The van der Waals surface area contributed by atoms with Crippen LogP contribution in [-0.2, 0) is 11.2 Å². The normalized spacial score (nSPS) is 16.0. The zero-order valence-electron chi connectivity index (χ0n) is 12.0. The minimum atomic E-state index is 0.140. The maximum atomic E-state index is 12.3. The van der Waals surface area contributed by atoms with Crippen molar-refractivity contribution in [1.82, 2.24) is 9.80 Å². The Morgan fingerprint density at radius 2 is 1.81 bits per heavy atom. The molecule has 1 saturated heterocycles. The molecule has 3 N–H and O–H groups in total. The lowest BCUT2D eigenvalue weighted by Crippen LogP contribution is -2.49. The monoisotopic (exact) mass is 307 g/mol. The Hall–Kier alpha value is -1.50. The number of aliphatic hydroxyl groups excluding tert-OH is 1. The molecule has 0 aliphatic carbocycles. The summed E-state index contributed by atoms with van der Waals surface area (Å²) in [4.78, 5) is 16.7. The fourth-order valence-corrected chi connectivity index (χ4v) is 2.57. The standard InChI is InChI=1S/C15H21N3O2S/c16-15(21)13-3-1-12(2-4-13)11-14(20)18-7-5-17(6-8-18)9-10-19/h1-4,19H,5-11H2,(H2,16,21). The summed E-state index contributed by atoms with van der Waals surface area (Å²) in [5.41, 5.74) is 7.34. The van der Waals surface area contributed by atoms with Crippen LogP contribution in [0.4, 0.5) is 0 Å². The van der Waals surface area contributed by atoms with Crippen molar-refractivity contribution in [1.29, 1.82) is 0 Å². The van der Waals surface area contributed by atoms with Crippen LogP contribution >= 0.6 is 12.2 Å². The zero-order valence-corrected chi connectivity index (χ0v) is 12.8. The molecular formula is C15H21N3O2S. The van der Waals surface area contributed by atoms with E-state index in [0.717, 1.165) is 37.3 Å². The van der Waals surface area contributed by atoms with E-state index in [9.17, 15) is 4.79 Å². The second-order valence-corrected chi connectivity index (χ2v) is 5.62. The molecule has 1 aromatic rings. The van der Waals surface area contributed by atoms with Crippen molar-refractivity contribution >= 4 is 23.1 Å². The highest BCUT2D eigenvalue weighted by Gasteiger charge is 2.20. The molecule has 0 aromatic heterocycles. The summed E-state index contributed by atoms with van der Waals surface area (Å²) in [5.74, 6) is 0.140. The number of hydrogen-bond acceptors (Lipinski definition) is 4. The van der Waals surface area contributed by atoms with Gasteiger partial charge in [0.25, 0.3) is 0 Å². The fourth-order valence-electron chi connectivity index (χ4n) is 2.44. The number of piperazine rings is 1. The molecule has 21 heavy (non-hydrogen) atoms. The first-order chi connectivity index (χ1) is 10.1. The number of carbonyl (C=O) groups is 1. The number of amides is 1. The summed E-state index contributed by atoms with van der Waals surface area (Å²) >= 11 is 4.91. The lowest BCUT2D eigenvalue weighted by atomic mass is 10.1. The summed E-state index contributed by atoms with van der Waals surface area (Å²) in [6.45, 7) is 3.96. The summed E-state index contributed by atoms with van der Waals surface area (Å²) in [5, 5.41) is 8.91. The number of benzene rings is 1. The Morgan fingerprint density at radius 3 is 2.33 bits per heavy atom. The number of hydrogen-bond donors (Lipinski definition) is 2. The molecule has 2 rings (SSSR count). The second kappa shape index (κ2) is 7.49. The molecule has 1 fully saturated rings. The average Bonchev–Trinajstić information content (AvgIpc) is 2.49. The maximum absolute atomic E-state index is 12.3. The minimum Gasteiger partial charge on any atom is -0.395 e. The molecule has 0 spiro atoms. The van der Waals surface area contributed by atoms with Crippen molar-refractivity contribution < 1.29 is 9.90 Å². The van der Waals surface area contributed by atoms with Gasteiger partial charge in [0.2, 0.25) is 5.91 Å². The first kappa shape index (κ1) is 15.9. The van der Waals surface area contributed by atoms with Gasteiger partial charge >= 0.3 is 0 Å². The van der Waals surface area contributed by atoms with Crippen LogP contribution < -0.4 is 5.73 Å². The number of nitrogens with zero attached hydrogens (tertiary/aromatic N) is 2. The van der Waals surface area contributed by atoms with Gasteiger partial charge in [0.15, 0.2) is 0 Å². The number of aliphatic hydroxyl groups is 1. The summed E-state index contributed by atoms with van der Waals surface area (Å²) < 4.78 is 0. The zero-order chi connectivity index (χ0) is 15.2. The first-order valence-corrected chi connectivity index (χ1v) is 7.50. The van der Waals surface area contributed by atoms with Crippen molar-refractivity contribution in [3.63, 3.8) is 0 Å². The summed E-state index contributed by atoms with van der Waals surface area (Å²) in [6.07, 6.45) is 0.400. The summed E-state index contributed by atoms with van der Waals surface area (Å²) in [6, 6.07) is 7.50. The molecule has 0 atom stereocenters. The third kappa shape index (κ3) is 4.49. The second-order valence-electron chi connectivity index (χ2n) is 5.18. The molecule has 0 bridgehead atoms. The van der Waals surface area contributed by atoms with Gasteiger partial charge in [-0.05, 0) is 5.56 Å². The van der Waals surface area contributed by atoms with Gasteiger partial charge in [0.05, 0.1) is 13.0 Å². The number of nitrogens with two attached hydrogens (primary N) is 1. The van der Waals surface area contributed by atoms with Gasteiger partial charge < -0.3 is 15.7 Å². The molecule has 1 heterocycles. The van der Waals surface area contributed by atoms with E-state index < -0.39 is 0 Å². The molecule has 0 radical (unpaired) electrons. The first-order valence-electron chi connectivity index (χ1n) is 7.10. The Balaban J connectivity index is 1.86. The van der Waals surface area contributed by atoms with Crippen molar-refractivity contribution in [3.8, 4) is 0 Å². The van der Waals surface area contributed by atoms with E-state index in [1.807, 2.05) is 29.2 Å². The number of β-amino-alcohol motifs (C(OH)–C–C–N with tert-alkyl or cyclic N) is 1. The molecular weight excluding hydrogens is 286 g/mol. The van der Waals surface area contributed by atoms with E-state index in [4.69, 9.17) is 23.1 Å². The average molecular weight is 307 g/mol. The van der Waals surface area contributed by atoms with Crippen molar-refractivity contribution in [2.24, 2.45) is 5.73 Å². The Kier molecular flexibility index (Phi) is 5.67. The van der Waals surface area contributed by atoms with Gasteiger partial charge in [-0.1, -0.05) is 36.5 Å². The predicted molar refractivity (Wildman–Crippen MR) is 86.1 cm³/mol. The van der Waals surface area contributed by atoms with Crippen LogP contribution in [0.3, 0.4) is 0 Å². The lowest BCUT2D eigenvalue weighted by molar-refractivity contribution is -0.132. The van der Waals surface area contributed by atoms with Crippen molar-refractivity contribution in [3.05, 3.63) is 35.4 Å². The number of thiocarbonyl (C=S) groups is 1. The fraction of sp³-hybridized carbons (Fsp3) is 0.467. The Labute approximate surface area is 130 Å². The van der Waals surface area contributed by atoms with Crippen LogP contribution in [0, 0.1) is 0 Å². The van der Waals surface area contributed by atoms with Crippen LogP contribution in [0.15, 0.2) is 24.3 Å². The predicted octanol–water partition coefficient (Wildman–Crippen LogP) is -0.000200. The lowest BCUT2D eigenvalue weighted by Gasteiger charge is -2.34. The van der Waals surface area contributed by atoms with Crippen molar-refractivity contribution in [2.75, 3.05) is 39.3 Å². The Bertz CT molecular complexity index is 496. The van der Waals surface area contributed by atoms with E-state index in [2.05, 4.69) is 4.90 Å². The van der Waals surface area contributed by atoms with Crippen LogP contribution in [0.5, 0.6) is 0 Å². The highest BCUT2D eigenvalue weighted by molar-refractivity contribution is 7.80. The van der Waals surface area contributed by atoms with Crippen LogP contribution in [0.2, 0.25) is 0 Å². The maximum Gasteiger partial charge on any atom is 0.227 e. The smallest absolute Gasteiger partial charge is 0.227 e. The van der Waals surface area contributed by atoms with Gasteiger partial charge in [-0.15, -0.1) is 0 Å². The molecule has 5 nitrogen and oxygen atoms in total. The number of carbonyl (C=O) groups excluding carboxylic acids is 1. The third-order valence-electron chi connectivity index (χ3n) is 3.74. The minimum absolute atomic E-state index is 0.140. The SMILES string of the molecule is NC(=S)c1ccc(CC(=O)N2CCN(CCO)CC2)cc1. The van der Waals surface area contributed by atoms with Crippen LogP contribution in [0.1, 0.15) is 11.1 Å². The Morgan fingerprint density at radius 1 is 1.19 bits per heavy atom. The van der Waals surface area contributed by atoms with Gasteiger partial charge in [0, 0.05) is 38.3 Å². The topological polar surface area (TPSA) is 69.8 Å². The van der Waals surface area contributed by atoms with Crippen LogP contribution in [-0.4, -0.2) is 65.1 Å². The van der Waals surface area contributed by atoms with Gasteiger partial charge in [0.1, 0.15) is 4.99 Å². The summed E-state index contributed by atoms with van der Waals surface area (Å²) in [7, 11) is 0. The highest BCUT2D eigenvalue weighted by Crippen LogP contribution is 2.09. The molecule has 0 saturated carbocycles. The van der Waals surface area contributed by atoms with E-state index >= 15 is 0 Å². The van der Waals surface area contributed by atoms with E-state index in [1.54, 1.807) is 0 Å². The molecule has 1 amide bonds. The van der Waals surface area contributed by atoms with Gasteiger partial charge in [-0.25, -0.2) is 0 Å². The number of rotatable bonds is 5. The highest BCUT2D eigenvalue weighted by atomic mass is 32.1. The van der Waals surface area contributed by atoms with E-state index in [1.165, 1.54) is 0 Å². The molecule has 1 aliphatic rings.